The highest BCUT2D eigenvalue weighted by molar-refractivity contribution is 6.03. The second-order valence-electron chi connectivity index (χ2n) is 7.85. The first kappa shape index (κ1) is 20.8. The van der Waals surface area contributed by atoms with Gasteiger partial charge in [-0.1, -0.05) is 6.92 Å². The van der Waals surface area contributed by atoms with Gasteiger partial charge in [-0.25, -0.2) is 0 Å². The van der Waals surface area contributed by atoms with Crippen molar-refractivity contribution in [3.8, 4) is 11.5 Å². The summed E-state index contributed by atoms with van der Waals surface area (Å²) in [7, 11) is 2.96. The first-order valence-electron chi connectivity index (χ1n) is 10.3. The van der Waals surface area contributed by atoms with Crippen molar-refractivity contribution in [2.45, 2.75) is 19.8 Å². The minimum Gasteiger partial charge on any atom is -0.496 e. The van der Waals surface area contributed by atoms with E-state index in [4.69, 9.17) is 13.9 Å². The molecular weight excluding hydrogens is 396 g/mol. The molecule has 0 spiro atoms. The van der Waals surface area contributed by atoms with Crippen molar-refractivity contribution in [3.63, 3.8) is 0 Å². The number of rotatable bonds is 5. The standard InChI is InChI=1S/C24H26N2O5/c1-15-8-10-26(11-9-15)17-6-4-16(5-7-17)25-24(28)22-14-19(27)23-20(30-3)12-18(29-2)13-21(23)31-22/h4-7,12-15H,8-11H2,1-3H3,(H,25,28). The molecule has 2 aromatic carbocycles. The topological polar surface area (TPSA) is 81.0 Å². The van der Waals surface area contributed by atoms with Crippen molar-refractivity contribution in [1.29, 1.82) is 0 Å². The van der Waals surface area contributed by atoms with E-state index in [-0.39, 0.29) is 22.2 Å². The van der Waals surface area contributed by atoms with E-state index in [1.165, 1.54) is 33.1 Å². The minimum absolute atomic E-state index is 0.0816. The summed E-state index contributed by atoms with van der Waals surface area (Å²) in [5, 5.41) is 3.06. The summed E-state index contributed by atoms with van der Waals surface area (Å²) >= 11 is 0. The molecule has 7 nitrogen and oxygen atoms in total. The van der Waals surface area contributed by atoms with Crippen molar-refractivity contribution >= 4 is 28.3 Å². The van der Waals surface area contributed by atoms with Crippen LogP contribution in [0.3, 0.4) is 0 Å². The Morgan fingerprint density at radius 3 is 2.42 bits per heavy atom. The van der Waals surface area contributed by atoms with Crippen LogP contribution in [-0.2, 0) is 0 Å². The Kier molecular flexibility index (Phi) is 5.84. The van der Waals surface area contributed by atoms with E-state index in [0.717, 1.165) is 24.7 Å². The van der Waals surface area contributed by atoms with Crippen molar-refractivity contribution in [3.05, 3.63) is 58.4 Å². The third-order valence-corrected chi connectivity index (χ3v) is 5.72. The van der Waals surface area contributed by atoms with Gasteiger partial charge in [0.1, 0.15) is 22.5 Å². The Labute approximate surface area is 180 Å². The molecule has 0 atom stereocenters. The molecule has 2 heterocycles. The maximum absolute atomic E-state index is 12.7. The van der Waals surface area contributed by atoms with E-state index in [9.17, 15) is 9.59 Å². The summed E-state index contributed by atoms with van der Waals surface area (Å²) < 4.78 is 16.2. The lowest BCUT2D eigenvalue weighted by atomic mass is 9.99. The second kappa shape index (κ2) is 8.71. The van der Waals surface area contributed by atoms with Crippen LogP contribution in [0.4, 0.5) is 11.4 Å². The molecule has 1 saturated heterocycles. The first-order valence-corrected chi connectivity index (χ1v) is 10.3. The molecule has 162 valence electrons. The molecule has 0 radical (unpaired) electrons. The van der Waals surface area contributed by atoms with Crippen molar-refractivity contribution in [2.24, 2.45) is 5.92 Å². The number of carbonyl (C=O) groups is 1. The Hall–Kier alpha value is -3.48. The lowest BCUT2D eigenvalue weighted by Crippen LogP contribution is -2.32. The van der Waals surface area contributed by atoms with Crippen LogP contribution >= 0.6 is 0 Å². The fourth-order valence-electron chi connectivity index (χ4n) is 3.83. The Morgan fingerprint density at radius 1 is 1.06 bits per heavy atom. The Morgan fingerprint density at radius 2 is 1.77 bits per heavy atom. The van der Waals surface area contributed by atoms with Gasteiger partial charge in [0.2, 0.25) is 0 Å². The first-order chi connectivity index (χ1) is 15.0. The van der Waals surface area contributed by atoms with E-state index in [2.05, 4.69) is 17.1 Å². The number of hydrogen-bond acceptors (Lipinski definition) is 6. The van der Waals surface area contributed by atoms with E-state index in [0.29, 0.717) is 17.2 Å². The Balaban J connectivity index is 1.55. The molecule has 7 heteroatoms. The second-order valence-corrected chi connectivity index (χ2v) is 7.85. The summed E-state index contributed by atoms with van der Waals surface area (Å²) in [4.78, 5) is 27.7. The van der Waals surface area contributed by atoms with Gasteiger partial charge in [0, 0.05) is 42.7 Å². The monoisotopic (exact) mass is 422 g/mol. The van der Waals surface area contributed by atoms with Gasteiger partial charge in [-0.3, -0.25) is 9.59 Å². The molecule has 31 heavy (non-hydrogen) atoms. The lowest BCUT2D eigenvalue weighted by molar-refractivity contribution is 0.0997. The van der Waals surface area contributed by atoms with E-state index in [1.807, 2.05) is 24.3 Å². The molecule has 0 unspecified atom stereocenters. The maximum atomic E-state index is 12.7. The highest BCUT2D eigenvalue weighted by Crippen LogP contribution is 2.30. The molecule has 0 saturated carbocycles. The van der Waals surface area contributed by atoms with Gasteiger partial charge in [0.05, 0.1) is 14.2 Å². The summed E-state index contributed by atoms with van der Waals surface area (Å²) in [6.45, 7) is 4.37. The van der Waals surface area contributed by atoms with Crippen molar-refractivity contribution in [1.82, 2.24) is 0 Å². The zero-order valence-corrected chi connectivity index (χ0v) is 17.9. The molecule has 1 N–H and O–H groups in total. The third kappa shape index (κ3) is 4.35. The Bertz CT molecular complexity index is 1150. The zero-order chi connectivity index (χ0) is 22.0. The van der Waals surface area contributed by atoms with Gasteiger partial charge in [0.25, 0.3) is 5.91 Å². The number of methoxy groups -OCH3 is 2. The predicted molar refractivity (Wildman–Crippen MR) is 121 cm³/mol. The van der Waals surface area contributed by atoms with Crippen LogP contribution in [0.2, 0.25) is 0 Å². The highest BCUT2D eigenvalue weighted by Gasteiger charge is 2.18. The number of ether oxygens (including phenoxy) is 2. The predicted octanol–water partition coefficient (Wildman–Crippen LogP) is 4.30. The van der Waals surface area contributed by atoms with Crippen LogP contribution in [0, 0.1) is 5.92 Å². The van der Waals surface area contributed by atoms with Gasteiger partial charge < -0.3 is 24.1 Å². The fraction of sp³-hybridized carbons (Fsp3) is 0.333. The maximum Gasteiger partial charge on any atom is 0.291 e. The fourth-order valence-corrected chi connectivity index (χ4v) is 3.83. The van der Waals surface area contributed by atoms with E-state index >= 15 is 0 Å². The van der Waals surface area contributed by atoms with E-state index in [1.54, 1.807) is 12.1 Å². The third-order valence-electron chi connectivity index (χ3n) is 5.72. The van der Waals surface area contributed by atoms with E-state index < -0.39 is 5.91 Å². The van der Waals surface area contributed by atoms with Gasteiger partial charge in [0.15, 0.2) is 11.2 Å². The highest BCUT2D eigenvalue weighted by atomic mass is 16.5. The van der Waals surface area contributed by atoms with Crippen LogP contribution in [0.15, 0.2) is 51.7 Å². The van der Waals surface area contributed by atoms with Gasteiger partial charge in [-0.2, -0.15) is 0 Å². The molecule has 0 aliphatic carbocycles. The summed E-state index contributed by atoms with van der Waals surface area (Å²) in [6, 6.07) is 12.0. The molecular formula is C24H26N2O5. The van der Waals surface area contributed by atoms with Gasteiger partial charge >= 0.3 is 0 Å². The smallest absolute Gasteiger partial charge is 0.291 e. The molecule has 1 fully saturated rings. The SMILES string of the molecule is COc1cc(OC)c2c(=O)cc(C(=O)Nc3ccc(N4CCC(C)CC4)cc3)oc2c1. The molecule has 3 aromatic rings. The summed E-state index contributed by atoms with van der Waals surface area (Å²) in [5.41, 5.74) is 1.63. The molecule has 1 aromatic heterocycles. The number of carbonyl (C=O) groups excluding carboxylic acids is 1. The van der Waals surface area contributed by atoms with Gasteiger partial charge in [-0.05, 0) is 43.0 Å². The van der Waals surface area contributed by atoms with Crippen LogP contribution in [0.25, 0.3) is 11.0 Å². The number of amides is 1. The number of fused-ring (bicyclic) bond motifs is 1. The summed E-state index contributed by atoms with van der Waals surface area (Å²) in [6.07, 6.45) is 2.38. The molecule has 1 aliphatic heterocycles. The van der Waals surface area contributed by atoms with Crippen LogP contribution in [-0.4, -0.2) is 33.2 Å². The normalized spacial score (nSPS) is 14.5. The minimum atomic E-state index is -0.500. The number of nitrogens with one attached hydrogen (secondary N) is 1. The number of hydrogen-bond donors (Lipinski definition) is 1. The van der Waals surface area contributed by atoms with Crippen molar-refractivity contribution in [2.75, 3.05) is 37.5 Å². The van der Waals surface area contributed by atoms with Crippen molar-refractivity contribution < 1.29 is 18.7 Å². The molecule has 1 aliphatic rings. The van der Waals surface area contributed by atoms with Gasteiger partial charge in [-0.15, -0.1) is 0 Å². The number of piperidine rings is 1. The summed E-state index contributed by atoms with van der Waals surface area (Å²) in [5.74, 6) is 0.985. The quantitative estimate of drug-likeness (QED) is 0.660. The number of anilines is 2. The lowest BCUT2D eigenvalue weighted by Gasteiger charge is -2.32. The molecule has 0 bridgehead atoms. The van der Waals surface area contributed by atoms with Crippen LogP contribution in [0.1, 0.15) is 30.3 Å². The number of nitrogens with zero attached hydrogens (tertiary/aromatic N) is 1. The largest absolute Gasteiger partial charge is 0.496 e. The number of benzene rings is 2. The molecule has 4 rings (SSSR count). The average Bonchev–Trinajstić information content (AvgIpc) is 2.79. The zero-order valence-electron chi connectivity index (χ0n) is 17.9. The molecule has 1 amide bonds. The average molecular weight is 422 g/mol. The van der Waals surface area contributed by atoms with Crippen LogP contribution < -0.4 is 25.1 Å². The van der Waals surface area contributed by atoms with Crippen LogP contribution in [0.5, 0.6) is 11.5 Å².